The second-order valence-electron chi connectivity index (χ2n) is 35.6. The molecule has 0 spiro atoms. The summed E-state index contributed by atoms with van der Waals surface area (Å²) in [5.74, 6) is 0. The smallest absolute Gasteiger partial charge is 0.190 e. The van der Waals surface area contributed by atoms with Gasteiger partial charge in [-0.1, -0.05) is 346 Å². The van der Waals surface area contributed by atoms with E-state index in [0.717, 1.165) is 218 Å². The highest BCUT2D eigenvalue weighted by Crippen LogP contribution is 2.61. The Morgan fingerprint density at radius 3 is 0.880 bits per heavy atom. The van der Waals surface area contributed by atoms with E-state index in [0.29, 0.717) is 28.1 Å². The van der Waals surface area contributed by atoms with Crippen LogP contribution in [0, 0.1) is 47.1 Å². The molecule has 13 nitrogen and oxygen atoms in total. The summed E-state index contributed by atoms with van der Waals surface area (Å²) in [5.41, 5.74) is 22.2. The van der Waals surface area contributed by atoms with Crippen LogP contribution in [0.4, 0.5) is 11.4 Å². The van der Waals surface area contributed by atoms with E-state index >= 15 is 18.3 Å². The molecule has 664 valence electrons. The summed E-state index contributed by atoms with van der Waals surface area (Å²) in [6, 6.07) is 156. The van der Waals surface area contributed by atoms with Gasteiger partial charge in [0.05, 0.1) is 86.2 Å². The number of para-hydroxylation sites is 5. The number of nitrogens with zero attached hydrogens (tertiary/aromatic N) is 9. The molecule has 17 heteroatoms. The molecule has 0 fully saturated rings. The van der Waals surface area contributed by atoms with Crippen LogP contribution in [0.15, 0.2) is 455 Å². The molecule has 4 aliphatic rings. The van der Waals surface area contributed by atoms with Gasteiger partial charge in [-0.2, -0.15) is 15.8 Å². The van der Waals surface area contributed by atoms with Crippen LogP contribution in [-0.4, -0.2) is 18.3 Å². The van der Waals surface area contributed by atoms with E-state index in [-0.39, 0.29) is 0 Å². The molecule has 4 aromatic heterocycles. The minimum atomic E-state index is -3.18. The number of benzene rings is 20. The fourth-order valence-electron chi connectivity index (χ4n) is 22.5. The molecule has 0 radical (unpaired) electrons. The third-order valence-electron chi connectivity index (χ3n) is 28.3. The predicted molar refractivity (Wildman–Crippen MR) is 583 cm³/mol. The van der Waals surface area contributed by atoms with E-state index in [4.69, 9.17) is 13.1 Å². The maximum atomic E-state index is 15.4. The van der Waals surface area contributed by atoms with Crippen LogP contribution < -0.4 is 63.7 Å². The fraction of sp³-hybridized carbons (Fsp3) is 0. The van der Waals surface area contributed by atoms with Gasteiger partial charge in [0, 0.05) is 129 Å². The SMILES string of the molecule is N#Cc1cccc(-n2c3ccccc3c3c4c(ccc32)-c2ccccc2P4(=O)c2ccccc2)c1.N#Cc1ccccc1-n1c2ccccc2c2c3c(ccc21)-c1ccccc1P3(=O)c1ccccc1.[C-]#[N+]c1cc(C#N)cc(-n2c3ccccc3c3c4c(ccc32)-c2ccccc2P4(=O)c2ccccc2)c1.[C-]#[N+]c1ccc(-n2c3ccccc3c3c4c(ccc32)-c2ccccc2P4(=O)c2ccccc2)cc1. The lowest BCUT2D eigenvalue weighted by molar-refractivity contribution is 0.592. The van der Waals surface area contributed by atoms with Gasteiger partial charge < -0.3 is 36.5 Å². The topological polar surface area (TPSA) is 168 Å². The molecule has 0 aliphatic carbocycles. The average Bonchev–Trinajstić information content (AvgIpc) is 1.54. The zero-order valence-electron chi connectivity index (χ0n) is 75.7. The highest BCUT2D eigenvalue weighted by molar-refractivity contribution is 7.88. The van der Waals surface area contributed by atoms with Crippen molar-refractivity contribution in [1.82, 2.24) is 18.3 Å². The normalized spacial score (nSPS) is 16.1. The summed E-state index contributed by atoms with van der Waals surface area (Å²) in [6.07, 6.45) is 0. The minimum absolute atomic E-state index is 0.406. The summed E-state index contributed by atoms with van der Waals surface area (Å²) < 4.78 is 69.9. The van der Waals surface area contributed by atoms with Gasteiger partial charge in [-0.3, -0.25) is 0 Å². The Hall–Kier alpha value is -18.0. The Balaban J connectivity index is 0.0000000995. The van der Waals surface area contributed by atoms with E-state index < -0.39 is 28.6 Å². The number of aromatic nitrogens is 4. The highest BCUT2D eigenvalue weighted by Gasteiger charge is 2.48. The largest absolute Gasteiger partial charge is 0.310 e. The first-order chi connectivity index (χ1) is 69.8. The predicted octanol–water partition coefficient (Wildman–Crippen LogP) is 26.3. The third kappa shape index (κ3) is 12.7. The zero-order valence-corrected chi connectivity index (χ0v) is 79.3. The number of fused-ring (bicyclic) bond motifs is 28. The first-order valence-electron chi connectivity index (χ1n) is 46.5. The Morgan fingerprint density at radius 1 is 0.218 bits per heavy atom. The van der Waals surface area contributed by atoms with Crippen molar-refractivity contribution in [2.45, 2.75) is 0 Å². The van der Waals surface area contributed by atoms with Crippen LogP contribution >= 0.6 is 28.6 Å². The minimum Gasteiger partial charge on any atom is -0.310 e. The van der Waals surface area contributed by atoms with Crippen LogP contribution in [0.1, 0.15) is 16.7 Å². The monoisotopic (exact) mass is 1890 g/mol. The Labute approximate surface area is 817 Å². The van der Waals surface area contributed by atoms with Crippen LogP contribution in [0.25, 0.3) is 164 Å². The summed E-state index contributed by atoms with van der Waals surface area (Å²) in [6.45, 7) is 14.9. The van der Waals surface area contributed by atoms with Crippen molar-refractivity contribution in [3.05, 3.63) is 495 Å². The lowest BCUT2D eigenvalue weighted by Crippen LogP contribution is -2.21. The quantitative estimate of drug-likeness (QED) is 0.108. The molecule has 4 atom stereocenters. The van der Waals surface area contributed by atoms with Crippen molar-refractivity contribution in [2.75, 3.05) is 0 Å². The maximum Gasteiger partial charge on any atom is 0.190 e. The van der Waals surface area contributed by atoms with Crippen molar-refractivity contribution >= 4 is 191 Å². The first-order valence-corrected chi connectivity index (χ1v) is 53.3. The number of rotatable bonds is 8. The zero-order chi connectivity index (χ0) is 95.9. The van der Waals surface area contributed by atoms with Crippen molar-refractivity contribution in [3.63, 3.8) is 0 Å². The van der Waals surface area contributed by atoms with Gasteiger partial charge in [-0.05, 0) is 154 Å². The van der Waals surface area contributed by atoms with Gasteiger partial charge in [-0.25, -0.2) is 9.69 Å². The first kappa shape index (κ1) is 85.6. The van der Waals surface area contributed by atoms with Crippen molar-refractivity contribution in [3.8, 4) is 85.5 Å². The van der Waals surface area contributed by atoms with Gasteiger partial charge in [0.25, 0.3) is 0 Å². The molecule has 0 bridgehead atoms. The lowest BCUT2D eigenvalue weighted by Gasteiger charge is -2.17. The van der Waals surface area contributed by atoms with Crippen molar-refractivity contribution in [1.29, 1.82) is 15.8 Å². The number of nitriles is 3. The summed E-state index contributed by atoms with van der Waals surface area (Å²) in [5, 5.41) is 47.7. The third-order valence-corrected chi connectivity index (χ3v) is 41.0. The molecule has 4 unspecified atom stereocenters. The Kier molecular flexibility index (Phi) is 20.3. The van der Waals surface area contributed by atoms with E-state index in [1.54, 1.807) is 18.2 Å². The highest BCUT2D eigenvalue weighted by atomic mass is 31.2. The Bertz CT molecular complexity index is 9950. The average molecular weight is 1890 g/mol. The van der Waals surface area contributed by atoms with E-state index in [9.17, 15) is 15.8 Å². The van der Waals surface area contributed by atoms with Gasteiger partial charge in [0.1, 0.15) is 6.07 Å². The molecule has 4 aliphatic heterocycles. The number of hydrogen-bond donors (Lipinski definition) is 0. The molecule has 24 aromatic rings. The molecule has 20 aromatic carbocycles. The molecular weight excluding hydrogens is 1820 g/mol. The second kappa shape index (κ2) is 33.7. The Morgan fingerprint density at radius 2 is 0.521 bits per heavy atom. The van der Waals surface area contributed by atoms with E-state index in [1.807, 2.05) is 322 Å². The summed E-state index contributed by atoms with van der Waals surface area (Å²) in [7, 11) is -12.5. The molecule has 0 N–H and O–H groups in total. The molecule has 142 heavy (non-hydrogen) atoms. The van der Waals surface area contributed by atoms with E-state index in [1.165, 1.54) is 0 Å². The van der Waals surface area contributed by atoms with Gasteiger partial charge in [0.15, 0.2) is 39.9 Å². The van der Waals surface area contributed by atoms with Crippen LogP contribution in [0.2, 0.25) is 0 Å². The van der Waals surface area contributed by atoms with Gasteiger partial charge in [0.2, 0.25) is 0 Å². The van der Waals surface area contributed by atoms with Crippen molar-refractivity contribution in [2.24, 2.45) is 0 Å². The molecule has 28 rings (SSSR count). The van der Waals surface area contributed by atoms with Gasteiger partial charge >= 0.3 is 0 Å². The molecule has 0 saturated carbocycles. The van der Waals surface area contributed by atoms with Crippen LogP contribution in [0.3, 0.4) is 0 Å². The van der Waals surface area contributed by atoms with Crippen LogP contribution in [0.5, 0.6) is 0 Å². The second-order valence-corrected chi connectivity index (χ2v) is 46.2. The van der Waals surface area contributed by atoms with Gasteiger partial charge in [-0.15, -0.1) is 0 Å². The van der Waals surface area contributed by atoms with Crippen molar-refractivity contribution < 1.29 is 18.3 Å². The lowest BCUT2D eigenvalue weighted by atomic mass is 10.0. The standard InChI is InChI=1S/C32H18N3OP.3C31H19N2OP/c1-34-22-17-21(20-33)18-23(19-22)35-28-13-7-5-12-27(28)31-29(35)16-15-26-25-11-6-8-14-30(25)37(36,32(26)31)24-9-3-2-4-10-24;1-32-21-15-17-22(18-16-21)33-27-13-7-5-12-26(27)30-28(33)20-19-25-24-11-6-8-14-29(24)35(34,31(25)30)23-9-3-2-4-10-23;32-20-21-10-4-7-15-26(21)33-27-16-8-5-14-25(27)30-28(33)19-18-24-23-13-6-9-17-29(23)35(34,31(24)30)22-11-2-1-3-12-22;32-20-21-9-8-10-22(19-21)33-27-15-6-4-14-26(27)30-28(33)18-17-25-24-13-5-7-16-29(24)35(34,31(25)30)23-11-2-1-3-12-23/h2-19H;2-20H;2*1-19H. The summed E-state index contributed by atoms with van der Waals surface area (Å²) in [4.78, 5) is 7.14. The fourth-order valence-corrected chi connectivity index (χ4v) is 35.6. The molecular formula is C125H75N9O4P4. The molecule has 0 saturated heterocycles. The number of hydrogen-bond acceptors (Lipinski definition) is 7. The molecule has 0 amide bonds. The van der Waals surface area contributed by atoms with E-state index in [2.05, 4.69) is 161 Å². The summed E-state index contributed by atoms with van der Waals surface area (Å²) >= 11 is 0. The molecule has 8 heterocycles. The van der Waals surface area contributed by atoms with Crippen LogP contribution in [-0.2, 0) is 18.3 Å². The maximum absolute atomic E-state index is 15.4.